The van der Waals surface area contributed by atoms with Crippen molar-refractivity contribution in [3.63, 3.8) is 0 Å². The minimum absolute atomic E-state index is 0.118. The number of nitrogens with one attached hydrogen (secondary N) is 1. The van der Waals surface area contributed by atoms with Gasteiger partial charge in [-0.25, -0.2) is 9.48 Å². The number of hydrogen-bond donors (Lipinski definition) is 1. The fourth-order valence-corrected chi connectivity index (χ4v) is 2.06. The Morgan fingerprint density at radius 2 is 2.32 bits per heavy atom. The predicted octanol–water partition coefficient (Wildman–Crippen LogP) is 2.37. The van der Waals surface area contributed by atoms with Gasteiger partial charge in [0.15, 0.2) is 11.7 Å². The molecule has 0 radical (unpaired) electrons. The molecule has 0 aromatic carbocycles. The van der Waals surface area contributed by atoms with Crippen molar-refractivity contribution in [3.05, 3.63) is 11.8 Å². The summed E-state index contributed by atoms with van der Waals surface area (Å²) >= 11 is 0. The van der Waals surface area contributed by atoms with Gasteiger partial charge in [0.25, 0.3) is 0 Å². The highest BCUT2D eigenvalue weighted by Gasteiger charge is 2.45. The monoisotopic (exact) mass is 277 g/mol. The summed E-state index contributed by atoms with van der Waals surface area (Å²) in [4.78, 5) is 11.5. The molecule has 0 bridgehead atoms. The van der Waals surface area contributed by atoms with Gasteiger partial charge in [-0.1, -0.05) is 0 Å². The standard InChI is InChI=1S/C11H14F3N3O2/c1-3-19-10(18)7-5-9-15-6(2)4-8(11(12,13)14)17(9)16-7/h5-6,8,15H,3-4H2,1-2H3/t6-,8-/m1/s1. The van der Waals surface area contributed by atoms with Crippen molar-refractivity contribution in [2.45, 2.75) is 38.5 Å². The molecule has 0 spiro atoms. The Hall–Kier alpha value is -1.73. The molecule has 8 heteroatoms. The number of anilines is 1. The van der Waals surface area contributed by atoms with E-state index in [1.54, 1.807) is 13.8 Å². The highest BCUT2D eigenvalue weighted by molar-refractivity contribution is 5.88. The molecule has 2 heterocycles. The zero-order chi connectivity index (χ0) is 14.2. The Balaban J connectivity index is 2.36. The molecule has 1 aliphatic heterocycles. The molecule has 1 aliphatic rings. The third-order valence-corrected chi connectivity index (χ3v) is 2.86. The molecule has 0 unspecified atom stereocenters. The second-order valence-electron chi connectivity index (χ2n) is 4.42. The number of aromatic nitrogens is 2. The van der Waals surface area contributed by atoms with E-state index in [1.165, 1.54) is 6.07 Å². The van der Waals surface area contributed by atoms with Crippen molar-refractivity contribution in [1.29, 1.82) is 0 Å². The Morgan fingerprint density at radius 1 is 1.63 bits per heavy atom. The number of fused-ring (bicyclic) bond motifs is 1. The first-order chi connectivity index (χ1) is 8.82. The van der Waals surface area contributed by atoms with Crippen LogP contribution in [0.25, 0.3) is 0 Å². The number of carbonyl (C=O) groups is 1. The lowest BCUT2D eigenvalue weighted by Crippen LogP contribution is -2.37. The topological polar surface area (TPSA) is 56.2 Å². The van der Waals surface area contributed by atoms with Crippen molar-refractivity contribution in [2.24, 2.45) is 0 Å². The van der Waals surface area contributed by atoms with Gasteiger partial charge in [0.1, 0.15) is 5.82 Å². The lowest BCUT2D eigenvalue weighted by molar-refractivity contribution is -0.173. The SMILES string of the molecule is CCOC(=O)c1cc2n(n1)[C@@H](C(F)(F)F)C[C@@H](C)N2. The van der Waals surface area contributed by atoms with E-state index < -0.39 is 18.2 Å². The van der Waals surface area contributed by atoms with Gasteiger partial charge in [0, 0.05) is 12.1 Å². The summed E-state index contributed by atoms with van der Waals surface area (Å²) in [7, 11) is 0. The molecule has 1 N–H and O–H groups in total. The van der Waals surface area contributed by atoms with Crippen molar-refractivity contribution >= 4 is 11.8 Å². The predicted molar refractivity (Wildman–Crippen MR) is 61.0 cm³/mol. The van der Waals surface area contributed by atoms with Crippen LogP contribution in [-0.2, 0) is 4.74 Å². The third kappa shape index (κ3) is 2.66. The summed E-state index contributed by atoms with van der Waals surface area (Å²) in [6.07, 6.45) is -4.52. The Labute approximate surface area is 107 Å². The van der Waals surface area contributed by atoms with E-state index in [0.29, 0.717) is 0 Å². The molecule has 1 aromatic rings. The first kappa shape index (κ1) is 13.7. The van der Waals surface area contributed by atoms with Gasteiger partial charge >= 0.3 is 12.1 Å². The first-order valence-electron chi connectivity index (χ1n) is 5.92. The van der Waals surface area contributed by atoms with Gasteiger partial charge < -0.3 is 10.1 Å². The Bertz CT molecular complexity index is 484. The molecule has 0 saturated carbocycles. The van der Waals surface area contributed by atoms with Crippen LogP contribution in [0.4, 0.5) is 19.0 Å². The fourth-order valence-electron chi connectivity index (χ4n) is 2.06. The molecule has 19 heavy (non-hydrogen) atoms. The molecule has 5 nitrogen and oxygen atoms in total. The summed E-state index contributed by atoms with van der Waals surface area (Å²) in [6, 6.07) is -0.778. The maximum Gasteiger partial charge on any atom is 0.410 e. The largest absolute Gasteiger partial charge is 0.461 e. The number of ether oxygens (including phenoxy) is 1. The van der Waals surface area contributed by atoms with E-state index >= 15 is 0 Å². The molecular formula is C11H14F3N3O2. The van der Waals surface area contributed by atoms with Crippen molar-refractivity contribution in [2.75, 3.05) is 11.9 Å². The fraction of sp³-hybridized carbons (Fsp3) is 0.636. The number of carbonyl (C=O) groups excluding carboxylic acids is 1. The van der Waals surface area contributed by atoms with Crippen LogP contribution in [0, 0.1) is 0 Å². The van der Waals surface area contributed by atoms with Gasteiger partial charge in [-0.3, -0.25) is 0 Å². The van der Waals surface area contributed by atoms with Crippen LogP contribution in [0.2, 0.25) is 0 Å². The van der Waals surface area contributed by atoms with E-state index in [4.69, 9.17) is 4.74 Å². The van der Waals surface area contributed by atoms with E-state index in [9.17, 15) is 18.0 Å². The normalized spacial score (nSPS) is 22.6. The number of nitrogens with zero attached hydrogens (tertiary/aromatic N) is 2. The summed E-state index contributed by atoms with van der Waals surface area (Å²) in [5.74, 6) is -0.538. The molecular weight excluding hydrogens is 263 g/mol. The Morgan fingerprint density at radius 3 is 2.89 bits per heavy atom. The minimum atomic E-state index is -4.40. The second-order valence-corrected chi connectivity index (χ2v) is 4.42. The molecule has 0 fully saturated rings. The number of halogens is 3. The Kier molecular flexibility index (Phi) is 3.42. The van der Waals surface area contributed by atoms with E-state index in [2.05, 4.69) is 10.4 Å². The third-order valence-electron chi connectivity index (χ3n) is 2.86. The average molecular weight is 277 g/mol. The molecule has 0 saturated heterocycles. The lowest BCUT2D eigenvalue weighted by Gasteiger charge is -2.31. The quantitative estimate of drug-likeness (QED) is 0.843. The zero-order valence-electron chi connectivity index (χ0n) is 10.5. The number of esters is 1. The first-order valence-corrected chi connectivity index (χ1v) is 5.92. The van der Waals surface area contributed by atoms with Gasteiger partial charge in [-0.2, -0.15) is 18.3 Å². The average Bonchev–Trinajstić information content (AvgIpc) is 2.70. The van der Waals surface area contributed by atoms with Crippen LogP contribution in [0.15, 0.2) is 6.07 Å². The highest BCUT2D eigenvalue weighted by Crippen LogP contribution is 2.39. The van der Waals surface area contributed by atoms with Crippen LogP contribution < -0.4 is 5.32 Å². The van der Waals surface area contributed by atoms with Crippen LogP contribution in [-0.4, -0.2) is 34.6 Å². The van der Waals surface area contributed by atoms with Crippen LogP contribution in [0.5, 0.6) is 0 Å². The van der Waals surface area contributed by atoms with Gasteiger partial charge in [-0.15, -0.1) is 0 Å². The van der Waals surface area contributed by atoms with E-state index in [-0.39, 0.29) is 30.6 Å². The molecule has 2 rings (SSSR count). The lowest BCUT2D eigenvalue weighted by atomic mass is 10.1. The van der Waals surface area contributed by atoms with Crippen molar-refractivity contribution in [1.82, 2.24) is 9.78 Å². The number of rotatable bonds is 2. The van der Waals surface area contributed by atoms with Crippen molar-refractivity contribution < 1.29 is 22.7 Å². The second kappa shape index (κ2) is 4.75. The summed E-state index contributed by atoms with van der Waals surface area (Å²) < 4.78 is 44.4. The summed E-state index contributed by atoms with van der Waals surface area (Å²) in [5, 5.41) is 6.58. The molecule has 0 amide bonds. The minimum Gasteiger partial charge on any atom is -0.461 e. The van der Waals surface area contributed by atoms with E-state index in [1.807, 2.05) is 0 Å². The number of hydrogen-bond acceptors (Lipinski definition) is 4. The van der Waals surface area contributed by atoms with Crippen LogP contribution in [0.1, 0.15) is 36.8 Å². The summed E-state index contributed by atoms with van der Waals surface area (Å²) in [6.45, 7) is 3.42. The van der Waals surface area contributed by atoms with E-state index in [0.717, 1.165) is 4.68 Å². The van der Waals surface area contributed by atoms with Crippen LogP contribution in [0.3, 0.4) is 0 Å². The summed E-state index contributed by atoms with van der Waals surface area (Å²) in [5.41, 5.74) is -0.118. The molecule has 2 atom stereocenters. The van der Waals surface area contributed by atoms with Gasteiger partial charge in [-0.05, 0) is 20.3 Å². The maximum absolute atomic E-state index is 12.9. The zero-order valence-corrected chi connectivity index (χ0v) is 10.5. The highest BCUT2D eigenvalue weighted by atomic mass is 19.4. The van der Waals surface area contributed by atoms with Crippen molar-refractivity contribution in [3.8, 4) is 0 Å². The van der Waals surface area contributed by atoms with Gasteiger partial charge in [0.05, 0.1) is 6.61 Å². The van der Waals surface area contributed by atoms with Gasteiger partial charge in [0.2, 0.25) is 0 Å². The molecule has 106 valence electrons. The maximum atomic E-state index is 12.9. The number of alkyl halides is 3. The molecule has 1 aromatic heterocycles. The van der Waals surface area contributed by atoms with Crippen LogP contribution >= 0.6 is 0 Å². The molecule has 0 aliphatic carbocycles. The smallest absolute Gasteiger partial charge is 0.410 e.